The largest absolute Gasteiger partial charge is 0.395 e. The van der Waals surface area contributed by atoms with Crippen LogP contribution in [0.5, 0.6) is 0 Å². The van der Waals surface area contributed by atoms with E-state index in [1.165, 1.54) is 18.2 Å². The first-order chi connectivity index (χ1) is 9.93. The van der Waals surface area contributed by atoms with Gasteiger partial charge in [-0.2, -0.15) is 0 Å². The van der Waals surface area contributed by atoms with E-state index in [1.54, 1.807) is 13.2 Å². The highest BCUT2D eigenvalue weighted by Gasteiger charge is 2.14. The third-order valence-corrected chi connectivity index (χ3v) is 3.52. The Balaban J connectivity index is 2.93. The Morgan fingerprint density at radius 3 is 2.86 bits per heavy atom. The van der Waals surface area contributed by atoms with Gasteiger partial charge < -0.3 is 10.4 Å². The average molecular weight is 311 g/mol. The molecule has 0 aromatic heterocycles. The molecule has 1 rings (SSSR count). The molecule has 2 atom stereocenters. The van der Waals surface area contributed by atoms with Crippen LogP contribution in [0.3, 0.4) is 0 Å². The van der Waals surface area contributed by atoms with E-state index in [-0.39, 0.29) is 36.1 Å². The van der Waals surface area contributed by atoms with Crippen molar-refractivity contribution in [1.29, 1.82) is 0 Å². The summed E-state index contributed by atoms with van der Waals surface area (Å²) >= 11 is 0. The van der Waals surface area contributed by atoms with E-state index in [1.807, 2.05) is 0 Å². The summed E-state index contributed by atoms with van der Waals surface area (Å²) in [6.07, 6.45) is 1.81. The van der Waals surface area contributed by atoms with Crippen LogP contribution in [0.15, 0.2) is 18.2 Å². The number of hydrogen-bond donors (Lipinski definition) is 2. The van der Waals surface area contributed by atoms with Crippen molar-refractivity contribution in [2.75, 3.05) is 18.6 Å². The summed E-state index contributed by atoms with van der Waals surface area (Å²) in [6.45, 7) is 1.66. The third kappa shape index (κ3) is 6.06. The lowest BCUT2D eigenvalue weighted by atomic mass is 10.1. The van der Waals surface area contributed by atoms with Crippen LogP contribution in [0.2, 0.25) is 0 Å². The summed E-state index contributed by atoms with van der Waals surface area (Å²) in [6, 6.07) is 3.48. The first-order valence-corrected chi connectivity index (χ1v) is 8.17. The second-order valence-electron chi connectivity index (χ2n) is 4.58. The van der Waals surface area contributed by atoms with Gasteiger partial charge in [0.1, 0.15) is 5.82 Å². The molecular weight excluding hydrogens is 293 g/mol. The SMILES string of the molecule is CC(CS(C)=O)NC(=O)c1ccc(F)cc1C#CCCO. The predicted molar refractivity (Wildman–Crippen MR) is 80.8 cm³/mol. The molecule has 6 heteroatoms. The second kappa shape index (κ2) is 8.55. The number of hydrogen-bond acceptors (Lipinski definition) is 3. The van der Waals surface area contributed by atoms with Crippen LogP contribution in [-0.2, 0) is 10.8 Å². The van der Waals surface area contributed by atoms with Crippen LogP contribution in [0.25, 0.3) is 0 Å². The lowest BCUT2D eigenvalue weighted by molar-refractivity contribution is 0.0943. The summed E-state index contributed by atoms with van der Waals surface area (Å²) in [5, 5.41) is 11.4. The summed E-state index contributed by atoms with van der Waals surface area (Å²) < 4.78 is 24.4. The molecular formula is C15H18FNO3S. The maximum Gasteiger partial charge on any atom is 0.252 e. The predicted octanol–water partition coefficient (Wildman–Crippen LogP) is 1.06. The second-order valence-corrected chi connectivity index (χ2v) is 6.06. The number of carbonyl (C=O) groups is 1. The maximum atomic E-state index is 13.3. The number of aliphatic hydroxyl groups excluding tert-OH is 1. The van der Waals surface area contributed by atoms with Gasteiger partial charge in [0.05, 0.1) is 12.2 Å². The first kappa shape index (κ1) is 17.3. The molecule has 0 radical (unpaired) electrons. The maximum absolute atomic E-state index is 13.3. The smallest absolute Gasteiger partial charge is 0.252 e. The van der Waals surface area contributed by atoms with E-state index < -0.39 is 16.6 Å². The molecule has 1 aromatic rings. The van der Waals surface area contributed by atoms with Crippen LogP contribution in [0.1, 0.15) is 29.3 Å². The number of halogens is 1. The molecule has 0 aliphatic carbocycles. The molecule has 1 amide bonds. The van der Waals surface area contributed by atoms with Crippen molar-refractivity contribution in [2.45, 2.75) is 19.4 Å². The van der Waals surface area contributed by atoms with Gasteiger partial charge in [-0.25, -0.2) is 4.39 Å². The van der Waals surface area contributed by atoms with Crippen molar-refractivity contribution in [2.24, 2.45) is 0 Å². The van der Waals surface area contributed by atoms with E-state index in [0.717, 1.165) is 0 Å². The van der Waals surface area contributed by atoms with E-state index in [9.17, 15) is 13.4 Å². The van der Waals surface area contributed by atoms with E-state index >= 15 is 0 Å². The summed E-state index contributed by atoms with van der Waals surface area (Å²) in [4.78, 5) is 12.2. The van der Waals surface area contributed by atoms with E-state index in [2.05, 4.69) is 17.2 Å². The van der Waals surface area contributed by atoms with Gasteiger partial charge in [-0.1, -0.05) is 11.8 Å². The molecule has 114 valence electrons. The zero-order valence-electron chi connectivity index (χ0n) is 12.0. The van der Waals surface area contributed by atoms with Gasteiger partial charge in [0, 0.05) is 40.8 Å². The number of aliphatic hydroxyl groups is 1. The quantitative estimate of drug-likeness (QED) is 0.799. The lowest BCUT2D eigenvalue weighted by Gasteiger charge is -2.13. The molecule has 2 unspecified atom stereocenters. The van der Waals surface area contributed by atoms with Gasteiger partial charge in [0.25, 0.3) is 5.91 Å². The van der Waals surface area contributed by atoms with Crippen molar-refractivity contribution >= 4 is 16.7 Å². The number of rotatable bonds is 5. The fraction of sp³-hybridized carbons (Fsp3) is 0.400. The fourth-order valence-corrected chi connectivity index (χ4v) is 2.51. The minimum absolute atomic E-state index is 0.0941. The number of nitrogens with one attached hydrogen (secondary N) is 1. The molecule has 2 N–H and O–H groups in total. The highest BCUT2D eigenvalue weighted by molar-refractivity contribution is 7.84. The van der Waals surface area contributed by atoms with Gasteiger partial charge in [-0.15, -0.1) is 0 Å². The standard InChI is InChI=1S/C15H18FNO3S/c1-11(10-21(2)20)17-15(19)14-7-6-13(16)9-12(14)5-3-4-8-18/h6-7,9,11,18H,4,8,10H2,1-2H3,(H,17,19). The zero-order chi connectivity index (χ0) is 15.8. The monoisotopic (exact) mass is 311 g/mol. The lowest BCUT2D eigenvalue weighted by Crippen LogP contribution is -2.36. The molecule has 0 aliphatic rings. The normalized spacial score (nSPS) is 13.0. The van der Waals surface area contributed by atoms with Crippen LogP contribution in [-0.4, -0.2) is 39.9 Å². The summed E-state index contributed by atoms with van der Waals surface area (Å²) in [5.41, 5.74) is 0.529. The minimum atomic E-state index is -1.01. The highest BCUT2D eigenvalue weighted by Crippen LogP contribution is 2.11. The number of amides is 1. The Morgan fingerprint density at radius 2 is 2.24 bits per heavy atom. The van der Waals surface area contributed by atoms with Crippen LogP contribution >= 0.6 is 0 Å². The zero-order valence-corrected chi connectivity index (χ0v) is 12.8. The minimum Gasteiger partial charge on any atom is -0.395 e. The molecule has 4 nitrogen and oxygen atoms in total. The molecule has 1 aromatic carbocycles. The Hall–Kier alpha value is -1.71. The molecule has 0 heterocycles. The van der Waals surface area contributed by atoms with Crippen molar-refractivity contribution in [3.8, 4) is 11.8 Å². The first-order valence-electron chi connectivity index (χ1n) is 6.44. The molecule has 0 saturated carbocycles. The topological polar surface area (TPSA) is 66.4 Å². The van der Waals surface area contributed by atoms with Crippen molar-refractivity contribution in [3.63, 3.8) is 0 Å². The summed E-state index contributed by atoms with van der Waals surface area (Å²) in [5.74, 6) is 4.82. The van der Waals surface area contributed by atoms with Crippen molar-refractivity contribution in [3.05, 3.63) is 35.1 Å². The molecule has 0 saturated heterocycles. The average Bonchev–Trinajstić information content (AvgIpc) is 2.37. The number of benzene rings is 1. The Morgan fingerprint density at radius 1 is 1.52 bits per heavy atom. The van der Waals surface area contributed by atoms with Gasteiger partial charge in [0.15, 0.2) is 0 Å². The molecule has 0 fully saturated rings. The molecule has 0 spiro atoms. The highest BCUT2D eigenvalue weighted by atomic mass is 32.2. The summed E-state index contributed by atoms with van der Waals surface area (Å²) in [7, 11) is -1.01. The van der Waals surface area contributed by atoms with E-state index in [0.29, 0.717) is 5.75 Å². The van der Waals surface area contributed by atoms with Gasteiger partial charge >= 0.3 is 0 Å². The Bertz CT molecular complexity index is 592. The third-order valence-electron chi connectivity index (χ3n) is 2.55. The van der Waals surface area contributed by atoms with Crippen LogP contribution < -0.4 is 5.32 Å². The van der Waals surface area contributed by atoms with Crippen molar-refractivity contribution in [1.82, 2.24) is 5.32 Å². The fourth-order valence-electron chi connectivity index (χ4n) is 1.73. The molecule has 0 aliphatic heterocycles. The molecule has 0 bridgehead atoms. The molecule has 21 heavy (non-hydrogen) atoms. The van der Waals surface area contributed by atoms with Crippen molar-refractivity contribution < 1.29 is 18.5 Å². The van der Waals surface area contributed by atoms with Crippen LogP contribution in [0, 0.1) is 17.7 Å². The Kier molecular flexibility index (Phi) is 7.06. The number of carbonyl (C=O) groups excluding carboxylic acids is 1. The van der Waals surface area contributed by atoms with Crippen LogP contribution in [0.4, 0.5) is 4.39 Å². The van der Waals surface area contributed by atoms with Gasteiger partial charge in [-0.05, 0) is 25.1 Å². The van der Waals surface area contributed by atoms with E-state index in [4.69, 9.17) is 5.11 Å². The van der Waals surface area contributed by atoms with Gasteiger partial charge in [-0.3, -0.25) is 9.00 Å². The van der Waals surface area contributed by atoms with Gasteiger partial charge in [0.2, 0.25) is 0 Å². The Labute approximate surface area is 126 Å².